The van der Waals surface area contributed by atoms with Gasteiger partial charge in [0.2, 0.25) is 0 Å². The van der Waals surface area contributed by atoms with Gasteiger partial charge in [-0.3, -0.25) is 10.1 Å². The van der Waals surface area contributed by atoms with Crippen molar-refractivity contribution >= 4 is 34.6 Å². The van der Waals surface area contributed by atoms with E-state index in [2.05, 4.69) is 5.32 Å². The minimum atomic E-state index is -0.408. The molecule has 0 radical (unpaired) electrons. The van der Waals surface area contributed by atoms with E-state index < -0.39 is 4.92 Å². The average molecular weight is 332 g/mol. The summed E-state index contributed by atoms with van der Waals surface area (Å²) in [6.45, 7) is 5.75. The van der Waals surface area contributed by atoms with Crippen molar-refractivity contribution < 1.29 is 4.92 Å². The largest absolute Gasteiger partial charge is 0.362 e. The lowest BCUT2D eigenvalue weighted by atomic mass is 10.1. The van der Waals surface area contributed by atoms with Crippen molar-refractivity contribution in [3.63, 3.8) is 0 Å². The Morgan fingerprint density at radius 1 is 1.43 bits per heavy atom. The third-order valence-corrected chi connectivity index (χ3v) is 4.45. The highest BCUT2D eigenvalue weighted by Crippen LogP contribution is 2.37. The summed E-state index contributed by atoms with van der Waals surface area (Å²) in [5.74, 6) is 0. The Labute approximate surface area is 134 Å². The van der Waals surface area contributed by atoms with Gasteiger partial charge in [-0.2, -0.15) is 0 Å². The summed E-state index contributed by atoms with van der Waals surface area (Å²) in [6.07, 6.45) is 2.22. The molecule has 5 nitrogen and oxygen atoms in total. The van der Waals surface area contributed by atoms with Gasteiger partial charge in [-0.25, -0.2) is 0 Å². The number of nitrogens with one attached hydrogen (secondary N) is 1. The van der Waals surface area contributed by atoms with E-state index in [0.717, 1.165) is 25.9 Å². The quantitative estimate of drug-likeness (QED) is 0.657. The Hall–Kier alpha value is -1.04. The third-order valence-electron chi connectivity index (χ3n) is 3.73. The molecule has 1 saturated heterocycles. The minimum Gasteiger partial charge on any atom is -0.362 e. The summed E-state index contributed by atoms with van der Waals surface area (Å²) in [4.78, 5) is 12.9. The molecule has 1 heterocycles. The maximum absolute atomic E-state index is 11.3. The number of nitrogens with zero attached hydrogens (tertiary/aromatic N) is 2. The van der Waals surface area contributed by atoms with Gasteiger partial charge in [0.05, 0.1) is 15.0 Å². The SMILES string of the molecule is CC(C)N(CC1CCCN1)c1cc(Cl)c(Cl)cc1[N+](=O)[O-]. The molecule has 0 bridgehead atoms. The van der Waals surface area contributed by atoms with Crippen LogP contribution in [0.3, 0.4) is 0 Å². The molecule has 1 aliphatic heterocycles. The maximum Gasteiger partial charge on any atom is 0.294 e. The Morgan fingerprint density at radius 3 is 2.62 bits per heavy atom. The van der Waals surface area contributed by atoms with Crippen LogP contribution in [0.5, 0.6) is 0 Å². The van der Waals surface area contributed by atoms with Gasteiger partial charge in [0, 0.05) is 24.7 Å². The molecule has 1 N–H and O–H groups in total. The van der Waals surface area contributed by atoms with Crippen molar-refractivity contribution in [2.24, 2.45) is 0 Å². The van der Waals surface area contributed by atoms with E-state index in [4.69, 9.17) is 23.2 Å². The average Bonchev–Trinajstić information content (AvgIpc) is 2.91. The summed E-state index contributed by atoms with van der Waals surface area (Å²) in [5.41, 5.74) is 0.522. The second kappa shape index (κ2) is 6.81. The molecule has 7 heteroatoms. The molecule has 0 aromatic heterocycles. The predicted molar refractivity (Wildman–Crippen MR) is 86.6 cm³/mol. The molecule has 1 fully saturated rings. The van der Waals surface area contributed by atoms with Crippen LogP contribution in [0.1, 0.15) is 26.7 Å². The van der Waals surface area contributed by atoms with Gasteiger partial charge in [0.25, 0.3) is 5.69 Å². The van der Waals surface area contributed by atoms with Crippen molar-refractivity contribution in [2.45, 2.75) is 38.8 Å². The molecule has 1 aliphatic rings. The van der Waals surface area contributed by atoms with Gasteiger partial charge in [-0.05, 0) is 39.3 Å². The maximum atomic E-state index is 11.3. The van der Waals surface area contributed by atoms with E-state index in [9.17, 15) is 10.1 Å². The molecule has 21 heavy (non-hydrogen) atoms. The summed E-state index contributed by atoms with van der Waals surface area (Å²) in [7, 11) is 0. The molecule has 0 spiro atoms. The van der Waals surface area contributed by atoms with Crippen molar-refractivity contribution in [1.82, 2.24) is 5.32 Å². The van der Waals surface area contributed by atoms with E-state index in [0.29, 0.717) is 16.8 Å². The van der Waals surface area contributed by atoms with E-state index >= 15 is 0 Å². The van der Waals surface area contributed by atoms with Gasteiger partial charge in [-0.1, -0.05) is 23.2 Å². The lowest BCUT2D eigenvalue weighted by Crippen LogP contribution is -2.41. The molecular formula is C14H19Cl2N3O2. The van der Waals surface area contributed by atoms with Crippen LogP contribution in [0.2, 0.25) is 10.0 Å². The van der Waals surface area contributed by atoms with Crippen molar-refractivity contribution in [2.75, 3.05) is 18.0 Å². The fraction of sp³-hybridized carbons (Fsp3) is 0.571. The first-order valence-electron chi connectivity index (χ1n) is 7.03. The van der Waals surface area contributed by atoms with Crippen LogP contribution in [0.15, 0.2) is 12.1 Å². The minimum absolute atomic E-state index is 0.00361. The molecular weight excluding hydrogens is 313 g/mol. The highest BCUT2D eigenvalue weighted by Gasteiger charge is 2.26. The summed E-state index contributed by atoms with van der Waals surface area (Å²) >= 11 is 12.0. The number of nitro benzene ring substituents is 1. The molecule has 1 unspecified atom stereocenters. The van der Waals surface area contributed by atoms with Crippen LogP contribution >= 0.6 is 23.2 Å². The van der Waals surface area contributed by atoms with Gasteiger partial charge in [-0.15, -0.1) is 0 Å². The zero-order chi connectivity index (χ0) is 15.6. The fourth-order valence-corrected chi connectivity index (χ4v) is 2.96. The summed E-state index contributed by atoms with van der Waals surface area (Å²) < 4.78 is 0. The zero-order valence-corrected chi connectivity index (χ0v) is 13.6. The Morgan fingerprint density at radius 2 is 2.10 bits per heavy atom. The van der Waals surface area contributed by atoms with Crippen LogP contribution in [-0.4, -0.2) is 30.1 Å². The highest BCUT2D eigenvalue weighted by atomic mass is 35.5. The molecule has 1 aromatic rings. The summed E-state index contributed by atoms with van der Waals surface area (Å²) in [6, 6.07) is 3.40. The number of halogens is 2. The first kappa shape index (κ1) is 16.3. The lowest BCUT2D eigenvalue weighted by molar-refractivity contribution is -0.384. The Balaban J connectivity index is 2.38. The van der Waals surface area contributed by atoms with E-state index in [1.165, 1.54) is 6.07 Å². The van der Waals surface area contributed by atoms with Gasteiger partial charge < -0.3 is 10.2 Å². The van der Waals surface area contributed by atoms with Crippen molar-refractivity contribution in [3.05, 3.63) is 32.3 Å². The lowest BCUT2D eigenvalue weighted by Gasteiger charge is -2.31. The Bertz CT molecular complexity index is 531. The van der Waals surface area contributed by atoms with E-state index in [-0.39, 0.29) is 16.8 Å². The normalized spacial score (nSPS) is 18.2. The fourth-order valence-electron chi connectivity index (χ4n) is 2.64. The second-order valence-electron chi connectivity index (χ2n) is 5.55. The van der Waals surface area contributed by atoms with Gasteiger partial charge >= 0.3 is 0 Å². The molecule has 0 aliphatic carbocycles. The number of anilines is 1. The standard InChI is InChI=1S/C14H19Cl2N3O2/c1-9(2)18(8-10-4-3-5-17-10)13-6-11(15)12(16)7-14(13)19(20)21/h6-7,9-10,17H,3-5,8H2,1-2H3. The van der Waals surface area contributed by atoms with Gasteiger partial charge in [0.1, 0.15) is 5.69 Å². The molecule has 1 atom stereocenters. The highest BCUT2D eigenvalue weighted by molar-refractivity contribution is 6.42. The van der Waals surface area contributed by atoms with Crippen LogP contribution in [-0.2, 0) is 0 Å². The van der Waals surface area contributed by atoms with Crippen LogP contribution in [0.25, 0.3) is 0 Å². The van der Waals surface area contributed by atoms with Crippen LogP contribution in [0.4, 0.5) is 11.4 Å². The van der Waals surface area contributed by atoms with Gasteiger partial charge in [0.15, 0.2) is 0 Å². The number of benzene rings is 1. The number of nitro groups is 1. The number of hydrogen-bond acceptors (Lipinski definition) is 4. The third kappa shape index (κ3) is 3.78. The second-order valence-corrected chi connectivity index (χ2v) is 6.37. The number of rotatable bonds is 5. The molecule has 1 aromatic carbocycles. The zero-order valence-electron chi connectivity index (χ0n) is 12.1. The Kier molecular flexibility index (Phi) is 5.30. The van der Waals surface area contributed by atoms with Crippen molar-refractivity contribution in [3.8, 4) is 0 Å². The first-order valence-corrected chi connectivity index (χ1v) is 7.79. The molecule has 2 rings (SSSR count). The monoisotopic (exact) mass is 331 g/mol. The topological polar surface area (TPSA) is 58.4 Å². The molecule has 116 valence electrons. The smallest absolute Gasteiger partial charge is 0.294 e. The first-order chi connectivity index (χ1) is 9.90. The molecule has 0 amide bonds. The van der Waals surface area contributed by atoms with Crippen LogP contribution < -0.4 is 10.2 Å². The van der Waals surface area contributed by atoms with Crippen molar-refractivity contribution in [1.29, 1.82) is 0 Å². The van der Waals surface area contributed by atoms with E-state index in [1.807, 2.05) is 18.7 Å². The number of hydrogen-bond donors (Lipinski definition) is 1. The summed E-state index contributed by atoms with van der Waals surface area (Å²) in [5, 5.41) is 15.3. The van der Waals surface area contributed by atoms with Crippen LogP contribution in [0, 0.1) is 10.1 Å². The predicted octanol–water partition coefficient (Wildman–Crippen LogP) is 3.87. The van der Waals surface area contributed by atoms with E-state index in [1.54, 1.807) is 6.07 Å². The molecule has 0 saturated carbocycles.